The molecule has 4 aliphatic rings. The summed E-state index contributed by atoms with van der Waals surface area (Å²) < 4.78 is 11.0. The normalized spacial score (nSPS) is 46.4. The van der Waals surface area contributed by atoms with Crippen LogP contribution >= 0.6 is 0 Å². The molecule has 1 spiro atoms. The minimum absolute atomic E-state index is 0.00750. The Morgan fingerprint density at radius 2 is 2.11 bits per heavy atom. The van der Waals surface area contributed by atoms with Crippen LogP contribution in [0.5, 0.6) is 0 Å². The van der Waals surface area contributed by atoms with E-state index in [4.69, 9.17) is 9.47 Å². The lowest BCUT2D eigenvalue weighted by Gasteiger charge is -2.51. The second kappa shape index (κ2) is 3.29. The van der Waals surface area contributed by atoms with Crippen LogP contribution in [0.15, 0.2) is 11.6 Å². The maximum atomic E-state index is 12.7. The molecule has 2 saturated heterocycles. The predicted octanol–water partition coefficient (Wildman–Crippen LogP) is 1.84. The number of Topliss-reactive ketones (excluding diaryl/α,β-unsaturated/α-hetero) is 1. The van der Waals surface area contributed by atoms with Gasteiger partial charge in [-0.15, -0.1) is 0 Å². The first-order valence-electron chi connectivity index (χ1n) is 7.03. The molecule has 4 atom stereocenters. The molecule has 2 aliphatic heterocycles. The first kappa shape index (κ1) is 11.6. The van der Waals surface area contributed by atoms with Crippen molar-refractivity contribution in [2.75, 3.05) is 6.61 Å². The lowest BCUT2D eigenvalue weighted by molar-refractivity contribution is -0.169. The molecule has 2 heterocycles. The molecular formula is C15H18O4. The highest BCUT2D eigenvalue weighted by Gasteiger charge is 2.72. The van der Waals surface area contributed by atoms with Crippen molar-refractivity contribution in [3.8, 4) is 0 Å². The SMILES string of the molecule is CC1(C)CCC(=O)[C@@]23C(=O)O[C@H]4OCC(=CC[C@@H]12)[C@H]43. The van der Waals surface area contributed by atoms with Crippen LogP contribution < -0.4 is 0 Å². The minimum atomic E-state index is -0.951. The Morgan fingerprint density at radius 1 is 1.32 bits per heavy atom. The van der Waals surface area contributed by atoms with Gasteiger partial charge in [0.2, 0.25) is 6.29 Å². The van der Waals surface area contributed by atoms with Crippen molar-refractivity contribution >= 4 is 11.8 Å². The Hall–Kier alpha value is -1.16. The first-order valence-corrected chi connectivity index (χ1v) is 7.03. The maximum Gasteiger partial charge on any atom is 0.323 e. The number of ether oxygens (including phenoxy) is 2. The molecule has 19 heavy (non-hydrogen) atoms. The van der Waals surface area contributed by atoms with Gasteiger partial charge in [-0.2, -0.15) is 0 Å². The van der Waals surface area contributed by atoms with E-state index >= 15 is 0 Å². The lowest BCUT2D eigenvalue weighted by atomic mass is 9.48. The first-order chi connectivity index (χ1) is 8.98. The second-order valence-corrected chi connectivity index (χ2v) is 6.91. The molecular weight excluding hydrogens is 244 g/mol. The largest absolute Gasteiger partial charge is 0.434 e. The van der Waals surface area contributed by atoms with Crippen molar-refractivity contribution < 1.29 is 19.1 Å². The average molecular weight is 262 g/mol. The summed E-state index contributed by atoms with van der Waals surface area (Å²) in [5, 5.41) is 0. The van der Waals surface area contributed by atoms with E-state index in [1.165, 1.54) is 0 Å². The Bertz CT molecular complexity index is 508. The molecule has 3 fully saturated rings. The number of hydrogen-bond donors (Lipinski definition) is 0. The Labute approximate surface area is 112 Å². The Kier molecular flexibility index (Phi) is 2.02. The zero-order valence-corrected chi connectivity index (χ0v) is 11.3. The van der Waals surface area contributed by atoms with Gasteiger partial charge in [0.25, 0.3) is 0 Å². The third kappa shape index (κ3) is 1.15. The number of carbonyl (C=O) groups excluding carboxylic acids is 2. The predicted molar refractivity (Wildman–Crippen MR) is 66.0 cm³/mol. The van der Waals surface area contributed by atoms with Crippen molar-refractivity contribution in [3.63, 3.8) is 0 Å². The second-order valence-electron chi connectivity index (χ2n) is 6.91. The van der Waals surface area contributed by atoms with Crippen LogP contribution in [0.4, 0.5) is 0 Å². The van der Waals surface area contributed by atoms with Crippen molar-refractivity contribution in [2.45, 2.75) is 39.4 Å². The molecule has 4 rings (SSSR count). The topological polar surface area (TPSA) is 52.6 Å². The van der Waals surface area contributed by atoms with Crippen LogP contribution in [0.2, 0.25) is 0 Å². The summed E-state index contributed by atoms with van der Waals surface area (Å²) in [7, 11) is 0. The summed E-state index contributed by atoms with van der Waals surface area (Å²) in [5.74, 6) is -0.374. The van der Waals surface area contributed by atoms with Crippen LogP contribution in [-0.4, -0.2) is 24.6 Å². The van der Waals surface area contributed by atoms with E-state index in [0.717, 1.165) is 18.4 Å². The summed E-state index contributed by atoms with van der Waals surface area (Å²) >= 11 is 0. The highest BCUT2D eigenvalue weighted by atomic mass is 16.7. The van der Waals surface area contributed by atoms with Crippen LogP contribution in [0.1, 0.15) is 33.1 Å². The highest BCUT2D eigenvalue weighted by molar-refractivity contribution is 6.07. The molecule has 2 aliphatic carbocycles. The molecule has 1 saturated carbocycles. The molecule has 4 nitrogen and oxygen atoms in total. The van der Waals surface area contributed by atoms with E-state index in [-0.39, 0.29) is 29.0 Å². The number of ketones is 1. The van der Waals surface area contributed by atoms with Gasteiger partial charge in [-0.25, -0.2) is 0 Å². The molecule has 0 amide bonds. The van der Waals surface area contributed by atoms with E-state index in [2.05, 4.69) is 19.9 Å². The molecule has 0 radical (unpaired) electrons. The summed E-state index contributed by atoms with van der Waals surface area (Å²) in [6.07, 6.45) is 3.77. The number of hydrogen-bond acceptors (Lipinski definition) is 4. The fourth-order valence-electron chi connectivity index (χ4n) is 4.71. The van der Waals surface area contributed by atoms with Crippen LogP contribution in [0.3, 0.4) is 0 Å². The van der Waals surface area contributed by atoms with Gasteiger partial charge in [-0.05, 0) is 29.7 Å². The maximum absolute atomic E-state index is 12.7. The van der Waals surface area contributed by atoms with E-state index in [1.807, 2.05) is 0 Å². The average Bonchev–Trinajstić information content (AvgIpc) is 2.89. The molecule has 0 N–H and O–H groups in total. The van der Waals surface area contributed by atoms with Gasteiger partial charge in [0, 0.05) is 6.42 Å². The van der Waals surface area contributed by atoms with E-state index in [9.17, 15) is 9.59 Å². The monoisotopic (exact) mass is 262 g/mol. The molecule has 0 bridgehead atoms. The fourth-order valence-corrected chi connectivity index (χ4v) is 4.71. The highest BCUT2D eigenvalue weighted by Crippen LogP contribution is 2.63. The smallest absolute Gasteiger partial charge is 0.323 e. The van der Waals surface area contributed by atoms with E-state index in [0.29, 0.717) is 13.0 Å². The molecule has 4 heteroatoms. The van der Waals surface area contributed by atoms with Crippen LogP contribution in [0.25, 0.3) is 0 Å². The number of esters is 1. The fraction of sp³-hybridized carbons (Fsp3) is 0.733. The van der Waals surface area contributed by atoms with Crippen molar-refractivity contribution in [1.29, 1.82) is 0 Å². The molecule has 102 valence electrons. The number of carbonyl (C=O) groups is 2. The third-order valence-electron chi connectivity index (χ3n) is 5.70. The van der Waals surface area contributed by atoms with Gasteiger partial charge in [0.1, 0.15) is 5.41 Å². The van der Waals surface area contributed by atoms with E-state index in [1.54, 1.807) is 0 Å². The Morgan fingerprint density at radius 3 is 2.89 bits per heavy atom. The van der Waals surface area contributed by atoms with Crippen molar-refractivity contribution in [2.24, 2.45) is 22.7 Å². The minimum Gasteiger partial charge on any atom is -0.434 e. The quantitative estimate of drug-likeness (QED) is 0.380. The standard InChI is InChI=1S/C15H18O4/c1-14(2)6-5-10(16)15-9(14)4-3-8-7-18-12(11(8)15)19-13(15)17/h3,9,11-12H,4-7H2,1-2H3/t9-,11+,12+,15-/m0/s1. The van der Waals surface area contributed by atoms with Crippen molar-refractivity contribution in [3.05, 3.63) is 11.6 Å². The third-order valence-corrected chi connectivity index (χ3v) is 5.70. The summed E-state index contributed by atoms with van der Waals surface area (Å²) in [6, 6.07) is 0. The molecule has 0 unspecified atom stereocenters. The summed E-state index contributed by atoms with van der Waals surface area (Å²) in [4.78, 5) is 25.2. The van der Waals surface area contributed by atoms with Crippen molar-refractivity contribution in [1.82, 2.24) is 0 Å². The van der Waals surface area contributed by atoms with Crippen LogP contribution in [0, 0.1) is 22.7 Å². The molecule has 0 aromatic rings. The summed E-state index contributed by atoms with van der Waals surface area (Å²) in [5.41, 5.74) is 0.137. The van der Waals surface area contributed by atoms with E-state index < -0.39 is 11.7 Å². The lowest BCUT2D eigenvalue weighted by Crippen LogP contribution is -2.57. The molecule has 0 aromatic carbocycles. The van der Waals surface area contributed by atoms with Crippen LogP contribution in [-0.2, 0) is 19.1 Å². The van der Waals surface area contributed by atoms with Gasteiger partial charge >= 0.3 is 5.97 Å². The number of rotatable bonds is 0. The van der Waals surface area contributed by atoms with Gasteiger partial charge in [0.15, 0.2) is 5.78 Å². The van der Waals surface area contributed by atoms with Gasteiger partial charge in [0.05, 0.1) is 12.5 Å². The van der Waals surface area contributed by atoms with Gasteiger partial charge < -0.3 is 9.47 Å². The summed E-state index contributed by atoms with van der Waals surface area (Å²) in [6.45, 7) is 4.84. The zero-order valence-electron chi connectivity index (χ0n) is 11.3. The Balaban J connectivity index is 1.95. The zero-order chi connectivity index (χ0) is 13.4. The van der Waals surface area contributed by atoms with Gasteiger partial charge in [-0.1, -0.05) is 19.9 Å². The van der Waals surface area contributed by atoms with Gasteiger partial charge in [-0.3, -0.25) is 9.59 Å². The number of allylic oxidation sites excluding steroid dienone is 1. The molecule has 0 aromatic heterocycles.